The van der Waals surface area contributed by atoms with Gasteiger partial charge in [-0.2, -0.15) is 0 Å². The summed E-state index contributed by atoms with van der Waals surface area (Å²) >= 11 is 0. The lowest BCUT2D eigenvalue weighted by Crippen LogP contribution is -2.48. The summed E-state index contributed by atoms with van der Waals surface area (Å²) in [6.45, 7) is 9.98. The van der Waals surface area contributed by atoms with Crippen LogP contribution in [0.3, 0.4) is 0 Å². The molecule has 0 saturated carbocycles. The van der Waals surface area contributed by atoms with Crippen molar-refractivity contribution in [2.45, 2.75) is 45.6 Å². The van der Waals surface area contributed by atoms with Crippen LogP contribution in [0.15, 0.2) is 18.2 Å². The molecule has 0 spiro atoms. The zero-order valence-corrected chi connectivity index (χ0v) is 10.6. The minimum absolute atomic E-state index is 0.176. The van der Waals surface area contributed by atoms with Gasteiger partial charge in [0.25, 0.3) is 0 Å². The molecule has 1 aromatic carbocycles. The molecule has 0 amide bonds. The molecular formula is C14H21NO. The Labute approximate surface area is 97.9 Å². The SMILES string of the molecule is CCN1c2cc(O)ccc2C(C)CC1(C)C. The highest BCUT2D eigenvalue weighted by atomic mass is 16.3. The molecule has 1 aromatic rings. The molecule has 2 rings (SSSR count). The van der Waals surface area contributed by atoms with Gasteiger partial charge in [-0.05, 0) is 44.7 Å². The monoisotopic (exact) mass is 219 g/mol. The average molecular weight is 219 g/mol. The van der Waals surface area contributed by atoms with Gasteiger partial charge in [0.15, 0.2) is 0 Å². The van der Waals surface area contributed by atoms with Crippen LogP contribution >= 0.6 is 0 Å². The van der Waals surface area contributed by atoms with Crippen molar-refractivity contribution in [1.29, 1.82) is 0 Å². The summed E-state index contributed by atoms with van der Waals surface area (Å²) in [6.07, 6.45) is 1.17. The highest BCUT2D eigenvalue weighted by Gasteiger charge is 2.35. The molecule has 0 aromatic heterocycles. The fourth-order valence-electron chi connectivity index (χ4n) is 3.08. The maximum Gasteiger partial charge on any atom is 0.117 e. The molecule has 1 atom stereocenters. The van der Waals surface area contributed by atoms with Gasteiger partial charge in [-0.15, -0.1) is 0 Å². The molecule has 2 heteroatoms. The summed E-state index contributed by atoms with van der Waals surface area (Å²) in [5.74, 6) is 0.926. The molecule has 1 heterocycles. The smallest absolute Gasteiger partial charge is 0.117 e. The first kappa shape index (κ1) is 11.3. The Hall–Kier alpha value is -1.18. The van der Waals surface area contributed by atoms with Crippen molar-refractivity contribution in [2.75, 3.05) is 11.4 Å². The fraction of sp³-hybridized carbons (Fsp3) is 0.571. The van der Waals surface area contributed by atoms with Crippen LogP contribution in [0.5, 0.6) is 5.75 Å². The number of benzene rings is 1. The molecular weight excluding hydrogens is 198 g/mol. The van der Waals surface area contributed by atoms with Crippen LogP contribution in [0.25, 0.3) is 0 Å². The lowest BCUT2D eigenvalue weighted by Gasteiger charge is -2.47. The van der Waals surface area contributed by atoms with E-state index in [1.807, 2.05) is 6.07 Å². The van der Waals surface area contributed by atoms with E-state index in [1.54, 1.807) is 6.07 Å². The minimum Gasteiger partial charge on any atom is -0.508 e. The summed E-state index contributed by atoms with van der Waals surface area (Å²) in [5, 5.41) is 9.63. The quantitative estimate of drug-likeness (QED) is 0.781. The largest absolute Gasteiger partial charge is 0.508 e. The van der Waals surface area contributed by atoms with Crippen molar-refractivity contribution in [1.82, 2.24) is 0 Å². The van der Waals surface area contributed by atoms with Gasteiger partial charge >= 0.3 is 0 Å². The van der Waals surface area contributed by atoms with Gasteiger partial charge in [-0.1, -0.05) is 13.0 Å². The average Bonchev–Trinajstić information content (AvgIpc) is 2.16. The maximum atomic E-state index is 9.63. The van der Waals surface area contributed by atoms with Crippen molar-refractivity contribution < 1.29 is 5.11 Å². The molecule has 1 unspecified atom stereocenters. The molecule has 0 aliphatic carbocycles. The number of anilines is 1. The van der Waals surface area contributed by atoms with E-state index in [1.165, 1.54) is 17.7 Å². The molecule has 1 aliphatic rings. The fourth-order valence-corrected chi connectivity index (χ4v) is 3.08. The van der Waals surface area contributed by atoms with Gasteiger partial charge in [0.1, 0.15) is 5.75 Å². The highest BCUT2D eigenvalue weighted by molar-refractivity contribution is 5.62. The number of hydrogen-bond acceptors (Lipinski definition) is 2. The summed E-state index contributed by atoms with van der Waals surface area (Å²) in [6, 6.07) is 5.75. The van der Waals surface area contributed by atoms with E-state index in [0.717, 1.165) is 6.54 Å². The Morgan fingerprint density at radius 2 is 2.12 bits per heavy atom. The minimum atomic E-state index is 0.176. The Morgan fingerprint density at radius 1 is 1.44 bits per heavy atom. The lowest BCUT2D eigenvalue weighted by atomic mass is 9.80. The first-order chi connectivity index (χ1) is 7.45. The van der Waals surface area contributed by atoms with Crippen molar-refractivity contribution in [3.63, 3.8) is 0 Å². The number of fused-ring (bicyclic) bond motifs is 1. The molecule has 0 fully saturated rings. The second-order valence-corrected chi connectivity index (χ2v) is 5.40. The predicted molar refractivity (Wildman–Crippen MR) is 68.2 cm³/mol. The van der Waals surface area contributed by atoms with E-state index in [0.29, 0.717) is 11.7 Å². The summed E-state index contributed by atoms with van der Waals surface area (Å²) in [5.41, 5.74) is 2.74. The van der Waals surface area contributed by atoms with E-state index >= 15 is 0 Å². The van der Waals surface area contributed by atoms with Crippen molar-refractivity contribution in [3.05, 3.63) is 23.8 Å². The van der Waals surface area contributed by atoms with Crippen LogP contribution in [-0.2, 0) is 0 Å². The summed E-state index contributed by atoms with van der Waals surface area (Å²) < 4.78 is 0. The van der Waals surface area contributed by atoms with Gasteiger partial charge in [0.05, 0.1) is 0 Å². The topological polar surface area (TPSA) is 23.5 Å². The van der Waals surface area contributed by atoms with E-state index < -0.39 is 0 Å². The summed E-state index contributed by atoms with van der Waals surface area (Å²) in [7, 11) is 0. The molecule has 1 aliphatic heterocycles. The van der Waals surface area contributed by atoms with Gasteiger partial charge in [0.2, 0.25) is 0 Å². The first-order valence-corrected chi connectivity index (χ1v) is 6.06. The Kier molecular flexibility index (Phi) is 2.61. The van der Waals surface area contributed by atoms with Crippen LogP contribution in [0.2, 0.25) is 0 Å². The van der Waals surface area contributed by atoms with Crippen LogP contribution < -0.4 is 4.90 Å². The highest BCUT2D eigenvalue weighted by Crippen LogP contribution is 2.44. The third-order valence-corrected chi connectivity index (χ3v) is 3.69. The van der Waals surface area contributed by atoms with E-state index in [4.69, 9.17) is 0 Å². The van der Waals surface area contributed by atoms with E-state index in [-0.39, 0.29) is 5.54 Å². The maximum absolute atomic E-state index is 9.63. The second kappa shape index (κ2) is 3.69. The van der Waals surface area contributed by atoms with Crippen molar-refractivity contribution >= 4 is 5.69 Å². The van der Waals surface area contributed by atoms with E-state index in [9.17, 15) is 5.11 Å². The van der Waals surface area contributed by atoms with Crippen LogP contribution in [0.1, 0.15) is 45.6 Å². The first-order valence-electron chi connectivity index (χ1n) is 6.06. The van der Waals surface area contributed by atoms with Crippen molar-refractivity contribution in [2.24, 2.45) is 0 Å². The summed E-state index contributed by atoms with van der Waals surface area (Å²) in [4.78, 5) is 2.39. The van der Waals surface area contributed by atoms with Crippen LogP contribution in [0, 0.1) is 0 Å². The zero-order chi connectivity index (χ0) is 11.9. The second-order valence-electron chi connectivity index (χ2n) is 5.40. The van der Waals surface area contributed by atoms with Crippen molar-refractivity contribution in [3.8, 4) is 5.75 Å². The number of nitrogens with zero attached hydrogens (tertiary/aromatic N) is 1. The standard InChI is InChI=1S/C14H21NO/c1-5-15-13-8-11(16)6-7-12(13)10(2)9-14(15,3)4/h6-8,10,16H,5,9H2,1-4H3. The third-order valence-electron chi connectivity index (χ3n) is 3.69. The van der Waals surface area contributed by atoms with Gasteiger partial charge in [-0.3, -0.25) is 0 Å². The molecule has 0 bridgehead atoms. The molecule has 88 valence electrons. The number of hydrogen-bond donors (Lipinski definition) is 1. The molecule has 0 saturated heterocycles. The van der Waals surface area contributed by atoms with Gasteiger partial charge in [0, 0.05) is 23.8 Å². The van der Waals surface area contributed by atoms with Gasteiger partial charge in [-0.25, -0.2) is 0 Å². The number of phenolic OH excluding ortho intramolecular Hbond substituents is 1. The van der Waals surface area contributed by atoms with Gasteiger partial charge < -0.3 is 10.0 Å². The number of rotatable bonds is 1. The molecule has 1 N–H and O–H groups in total. The Bertz CT molecular complexity index is 398. The lowest BCUT2D eigenvalue weighted by molar-refractivity contribution is 0.380. The third kappa shape index (κ3) is 1.66. The van der Waals surface area contributed by atoms with E-state index in [2.05, 4.69) is 38.7 Å². The molecule has 0 radical (unpaired) electrons. The Balaban J connectivity index is 2.55. The molecule has 16 heavy (non-hydrogen) atoms. The molecule has 2 nitrogen and oxygen atoms in total. The predicted octanol–water partition coefficient (Wildman–Crippen LogP) is 3.50. The number of phenols is 1. The zero-order valence-electron chi connectivity index (χ0n) is 10.6. The van der Waals surface area contributed by atoms with Crippen LogP contribution in [0.4, 0.5) is 5.69 Å². The number of aromatic hydroxyl groups is 1. The Morgan fingerprint density at radius 3 is 2.75 bits per heavy atom. The van der Waals surface area contributed by atoms with Crippen LogP contribution in [-0.4, -0.2) is 17.2 Å². The normalized spacial score (nSPS) is 23.0.